The van der Waals surface area contributed by atoms with Crippen molar-refractivity contribution in [1.29, 1.82) is 0 Å². The van der Waals surface area contributed by atoms with Crippen LogP contribution in [0.3, 0.4) is 0 Å². The lowest BCUT2D eigenvalue weighted by Crippen LogP contribution is -2.53. The summed E-state index contributed by atoms with van der Waals surface area (Å²) in [5.41, 5.74) is 1.52. The Morgan fingerprint density at radius 3 is 2.56 bits per heavy atom. The molecule has 0 radical (unpaired) electrons. The molecular weight excluding hydrogens is 476 g/mol. The van der Waals surface area contributed by atoms with Crippen molar-refractivity contribution in [2.45, 2.75) is 51.0 Å². The molecule has 2 amide bonds. The van der Waals surface area contributed by atoms with E-state index in [1.807, 2.05) is 13.8 Å². The van der Waals surface area contributed by atoms with Crippen molar-refractivity contribution in [2.24, 2.45) is 5.92 Å². The second-order valence-electron chi connectivity index (χ2n) is 9.23. The van der Waals surface area contributed by atoms with Crippen molar-refractivity contribution in [1.82, 2.24) is 14.6 Å². The highest BCUT2D eigenvalue weighted by Crippen LogP contribution is 2.34. The Balaban J connectivity index is 1.79. The van der Waals surface area contributed by atoms with Crippen LogP contribution in [-0.4, -0.2) is 48.7 Å². The number of hydrogen-bond donors (Lipinski definition) is 2. The van der Waals surface area contributed by atoms with Crippen molar-refractivity contribution < 1.29 is 18.0 Å². The van der Waals surface area contributed by atoms with E-state index in [4.69, 9.17) is 0 Å². The van der Waals surface area contributed by atoms with Gasteiger partial charge in [0, 0.05) is 34.8 Å². The third-order valence-corrected chi connectivity index (χ3v) is 8.58. The van der Waals surface area contributed by atoms with Gasteiger partial charge in [-0.3, -0.25) is 14.6 Å². The molecular formula is C27H32N4O4S. The standard InChI is InChI=1S/C27H32N4O4S/c1-4-8-26(32)31(24-14-16-28-17-18(24)2)36(34,35)25-13-12-23(21-9-5-6-10-22(21)25)30-27(33)20-11-7-15-29-19(20)3/h5-7,9-13,15,18,24,28H,4,8,14,16-17H2,1-3H3,(H,30,33)/t18-,24-/m1/s1. The SMILES string of the molecule is CCCC(=O)N([C@@H]1CCNC[C@H]1C)S(=O)(=O)c1ccc(NC(=O)c2cccnc2C)c2ccccc12. The first-order valence-electron chi connectivity index (χ1n) is 12.3. The Hall–Kier alpha value is -3.30. The first-order valence-corrected chi connectivity index (χ1v) is 13.7. The van der Waals surface area contributed by atoms with Crippen LogP contribution in [0.2, 0.25) is 0 Å². The first kappa shape index (κ1) is 25.8. The summed E-state index contributed by atoms with van der Waals surface area (Å²) in [5.74, 6) is -0.726. The van der Waals surface area contributed by atoms with Crippen LogP contribution in [0, 0.1) is 12.8 Å². The number of benzene rings is 2. The van der Waals surface area contributed by atoms with Crippen LogP contribution in [0.4, 0.5) is 5.69 Å². The summed E-state index contributed by atoms with van der Waals surface area (Å²) in [7, 11) is -4.15. The molecule has 2 heterocycles. The molecule has 0 aliphatic carbocycles. The number of pyridine rings is 1. The van der Waals surface area contributed by atoms with E-state index in [1.54, 1.807) is 55.6 Å². The van der Waals surface area contributed by atoms with Gasteiger partial charge in [-0.25, -0.2) is 12.7 Å². The molecule has 2 atom stereocenters. The Bertz CT molecular complexity index is 1390. The number of fused-ring (bicyclic) bond motifs is 1. The van der Waals surface area contributed by atoms with E-state index >= 15 is 0 Å². The van der Waals surface area contributed by atoms with E-state index in [1.165, 1.54) is 6.07 Å². The van der Waals surface area contributed by atoms with Crippen LogP contribution >= 0.6 is 0 Å². The molecule has 2 N–H and O–H groups in total. The molecule has 1 fully saturated rings. The van der Waals surface area contributed by atoms with Crippen molar-refractivity contribution in [3.8, 4) is 0 Å². The molecule has 2 aromatic carbocycles. The third kappa shape index (κ3) is 4.99. The summed E-state index contributed by atoms with van der Waals surface area (Å²) < 4.78 is 29.3. The van der Waals surface area contributed by atoms with E-state index < -0.39 is 16.1 Å². The molecule has 8 nitrogen and oxygen atoms in total. The van der Waals surface area contributed by atoms with E-state index in [2.05, 4.69) is 15.6 Å². The Morgan fingerprint density at radius 1 is 1.11 bits per heavy atom. The predicted octanol–water partition coefficient (Wildman–Crippen LogP) is 4.11. The number of rotatable bonds is 7. The summed E-state index contributed by atoms with van der Waals surface area (Å²) in [4.78, 5) is 30.4. The zero-order valence-electron chi connectivity index (χ0n) is 20.8. The minimum absolute atomic E-state index is 0.0121. The van der Waals surface area contributed by atoms with Crippen molar-refractivity contribution in [2.75, 3.05) is 18.4 Å². The number of nitrogens with zero attached hydrogens (tertiary/aromatic N) is 2. The van der Waals surface area contributed by atoms with Gasteiger partial charge in [0.05, 0.1) is 16.5 Å². The topological polar surface area (TPSA) is 108 Å². The van der Waals surface area contributed by atoms with E-state index in [-0.39, 0.29) is 29.0 Å². The number of amides is 2. The van der Waals surface area contributed by atoms with Crippen LogP contribution in [0.5, 0.6) is 0 Å². The lowest BCUT2D eigenvalue weighted by molar-refractivity contribution is -0.129. The maximum atomic E-state index is 14.1. The van der Waals surface area contributed by atoms with Crippen molar-refractivity contribution in [3.05, 3.63) is 66.0 Å². The lowest BCUT2D eigenvalue weighted by Gasteiger charge is -2.38. The van der Waals surface area contributed by atoms with Gasteiger partial charge in [-0.05, 0) is 63.0 Å². The van der Waals surface area contributed by atoms with Crippen LogP contribution in [0.15, 0.2) is 59.6 Å². The Kier molecular flexibility index (Phi) is 7.70. The van der Waals surface area contributed by atoms with Gasteiger partial charge in [-0.1, -0.05) is 38.1 Å². The number of aromatic nitrogens is 1. The van der Waals surface area contributed by atoms with E-state index in [9.17, 15) is 18.0 Å². The summed E-state index contributed by atoms with van der Waals surface area (Å²) >= 11 is 0. The van der Waals surface area contributed by atoms with Gasteiger partial charge in [0.2, 0.25) is 5.91 Å². The highest BCUT2D eigenvalue weighted by Gasteiger charge is 2.39. The fraction of sp³-hybridized carbons (Fsp3) is 0.370. The quantitative estimate of drug-likeness (QED) is 0.497. The minimum atomic E-state index is -4.15. The molecule has 9 heteroatoms. The van der Waals surface area contributed by atoms with Crippen LogP contribution in [0.25, 0.3) is 10.8 Å². The van der Waals surface area contributed by atoms with Gasteiger partial charge in [0.15, 0.2) is 0 Å². The minimum Gasteiger partial charge on any atom is -0.321 e. The second-order valence-corrected chi connectivity index (χ2v) is 11.0. The molecule has 36 heavy (non-hydrogen) atoms. The highest BCUT2D eigenvalue weighted by molar-refractivity contribution is 7.90. The molecule has 0 bridgehead atoms. The zero-order valence-corrected chi connectivity index (χ0v) is 21.6. The lowest BCUT2D eigenvalue weighted by atomic mass is 9.95. The van der Waals surface area contributed by atoms with Gasteiger partial charge in [0.25, 0.3) is 15.9 Å². The van der Waals surface area contributed by atoms with Gasteiger partial charge >= 0.3 is 0 Å². The molecule has 0 spiro atoms. The summed E-state index contributed by atoms with van der Waals surface area (Å²) in [6.45, 7) is 6.89. The summed E-state index contributed by atoms with van der Waals surface area (Å²) in [6, 6.07) is 13.1. The number of anilines is 1. The number of nitrogens with one attached hydrogen (secondary N) is 2. The Morgan fingerprint density at radius 2 is 1.86 bits per heavy atom. The molecule has 0 saturated carbocycles. The van der Waals surface area contributed by atoms with Crippen LogP contribution in [-0.2, 0) is 14.8 Å². The summed E-state index contributed by atoms with van der Waals surface area (Å²) in [5, 5.41) is 7.21. The molecule has 4 rings (SSSR count). The highest BCUT2D eigenvalue weighted by atomic mass is 32.2. The number of carbonyl (C=O) groups is 2. The van der Waals surface area contributed by atoms with E-state index in [0.717, 1.165) is 4.31 Å². The number of carbonyl (C=O) groups excluding carboxylic acids is 2. The Labute approximate surface area is 212 Å². The number of aryl methyl sites for hydroxylation is 1. The fourth-order valence-corrected chi connectivity index (χ4v) is 6.73. The van der Waals surface area contributed by atoms with Crippen molar-refractivity contribution in [3.63, 3.8) is 0 Å². The smallest absolute Gasteiger partial charge is 0.267 e. The maximum absolute atomic E-state index is 14.1. The molecule has 190 valence electrons. The molecule has 0 unspecified atom stereocenters. The van der Waals surface area contributed by atoms with Gasteiger partial charge in [-0.2, -0.15) is 0 Å². The normalized spacial score (nSPS) is 18.1. The fourth-order valence-electron chi connectivity index (χ4n) is 4.80. The maximum Gasteiger partial charge on any atom is 0.267 e. The number of hydrogen-bond acceptors (Lipinski definition) is 6. The summed E-state index contributed by atoms with van der Waals surface area (Å²) in [6.07, 6.45) is 2.90. The predicted molar refractivity (Wildman–Crippen MR) is 140 cm³/mol. The van der Waals surface area contributed by atoms with Crippen LogP contribution < -0.4 is 10.6 Å². The van der Waals surface area contributed by atoms with Gasteiger partial charge in [-0.15, -0.1) is 0 Å². The zero-order chi connectivity index (χ0) is 25.9. The molecule has 1 aliphatic heterocycles. The number of sulfonamides is 1. The average molecular weight is 509 g/mol. The van der Waals surface area contributed by atoms with Gasteiger partial charge < -0.3 is 10.6 Å². The first-order chi connectivity index (χ1) is 17.3. The molecule has 1 saturated heterocycles. The monoisotopic (exact) mass is 508 g/mol. The molecule has 1 aliphatic rings. The molecule has 1 aromatic heterocycles. The van der Waals surface area contributed by atoms with Crippen LogP contribution in [0.1, 0.15) is 49.2 Å². The van der Waals surface area contributed by atoms with E-state index in [0.29, 0.717) is 53.6 Å². The second kappa shape index (κ2) is 10.8. The average Bonchev–Trinajstić information content (AvgIpc) is 2.85. The van der Waals surface area contributed by atoms with Crippen molar-refractivity contribution >= 4 is 38.3 Å². The third-order valence-electron chi connectivity index (χ3n) is 6.67. The largest absolute Gasteiger partial charge is 0.321 e. The molecule has 3 aromatic rings. The number of piperidine rings is 1. The van der Waals surface area contributed by atoms with Gasteiger partial charge in [0.1, 0.15) is 0 Å².